The Bertz CT molecular complexity index is 832. The van der Waals surface area contributed by atoms with Crippen LogP contribution in [0.15, 0.2) is 67.0 Å². The summed E-state index contributed by atoms with van der Waals surface area (Å²) in [5.74, 6) is -0.0475. The summed E-state index contributed by atoms with van der Waals surface area (Å²) in [6.07, 6.45) is 5.19. The first-order chi connectivity index (χ1) is 10.7. The molecule has 0 N–H and O–H groups in total. The third kappa shape index (κ3) is 2.63. The van der Waals surface area contributed by atoms with Gasteiger partial charge < -0.3 is 4.90 Å². The molecule has 3 aromatic rings. The van der Waals surface area contributed by atoms with Crippen molar-refractivity contribution in [3.8, 4) is 11.3 Å². The van der Waals surface area contributed by atoms with E-state index in [-0.39, 0.29) is 5.78 Å². The second kappa shape index (κ2) is 5.85. The first-order valence-electron chi connectivity index (χ1n) is 7.08. The van der Waals surface area contributed by atoms with E-state index in [1.165, 1.54) is 0 Å². The molecule has 0 bridgehead atoms. The molecule has 0 fully saturated rings. The van der Waals surface area contributed by atoms with Gasteiger partial charge in [-0.25, -0.2) is 4.52 Å². The maximum atomic E-state index is 12.7. The lowest BCUT2D eigenvalue weighted by atomic mass is 10.0. The minimum atomic E-state index is -0.0475. The number of nitrogens with zero attached hydrogens (tertiary/aromatic N) is 3. The maximum Gasteiger partial charge on any atom is 0.191 e. The lowest BCUT2D eigenvalue weighted by Gasteiger charge is -2.03. The summed E-state index contributed by atoms with van der Waals surface area (Å²) in [6.45, 7) is 0. The summed E-state index contributed by atoms with van der Waals surface area (Å²) >= 11 is 0. The van der Waals surface area contributed by atoms with Crippen LogP contribution in [-0.4, -0.2) is 34.4 Å². The van der Waals surface area contributed by atoms with E-state index in [0.717, 1.165) is 11.1 Å². The van der Waals surface area contributed by atoms with Gasteiger partial charge in [0.15, 0.2) is 5.78 Å². The molecule has 0 amide bonds. The number of fused-ring (bicyclic) bond motifs is 1. The lowest BCUT2D eigenvalue weighted by Crippen LogP contribution is -2.03. The monoisotopic (exact) mass is 291 g/mol. The summed E-state index contributed by atoms with van der Waals surface area (Å²) in [7, 11) is 3.77. The third-order valence-electron chi connectivity index (χ3n) is 3.36. The molecule has 1 aromatic carbocycles. The molecule has 0 unspecified atom stereocenters. The second-order valence-corrected chi connectivity index (χ2v) is 5.26. The van der Waals surface area contributed by atoms with Crippen molar-refractivity contribution in [3.63, 3.8) is 0 Å². The van der Waals surface area contributed by atoms with Gasteiger partial charge in [0.25, 0.3) is 0 Å². The van der Waals surface area contributed by atoms with E-state index in [1.807, 2.05) is 73.7 Å². The van der Waals surface area contributed by atoms with Gasteiger partial charge in [0.2, 0.25) is 0 Å². The molecule has 0 saturated heterocycles. The van der Waals surface area contributed by atoms with Crippen LogP contribution >= 0.6 is 0 Å². The van der Waals surface area contributed by atoms with Crippen molar-refractivity contribution in [2.45, 2.75) is 0 Å². The van der Waals surface area contributed by atoms with Gasteiger partial charge in [0.1, 0.15) is 5.69 Å². The van der Waals surface area contributed by atoms with Crippen LogP contribution < -0.4 is 0 Å². The van der Waals surface area contributed by atoms with Crippen LogP contribution in [0.25, 0.3) is 16.8 Å². The summed E-state index contributed by atoms with van der Waals surface area (Å²) in [4.78, 5) is 14.5. The van der Waals surface area contributed by atoms with E-state index in [9.17, 15) is 4.79 Å². The Kier molecular flexibility index (Phi) is 3.74. The molecule has 0 atom stereocenters. The van der Waals surface area contributed by atoms with Crippen LogP contribution in [0.5, 0.6) is 0 Å². The molecular weight excluding hydrogens is 274 g/mol. The van der Waals surface area contributed by atoms with E-state index >= 15 is 0 Å². The Balaban J connectivity index is 2.20. The molecule has 0 radical (unpaired) electrons. The molecule has 2 aromatic heterocycles. The van der Waals surface area contributed by atoms with Crippen molar-refractivity contribution in [3.05, 3.63) is 72.6 Å². The zero-order valence-corrected chi connectivity index (χ0v) is 12.6. The topological polar surface area (TPSA) is 37.6 Å². The van der Waals surface area contributed by atoms with Gasteiger partial charge in [-0.05, 0) is 12.1 Å². The minimum absolute atomic E-state index is 0.0475. The molecule has 4 nitrogen and oxygen atoms in total. The fourth-order valence-corrected chi connectivity index (χ4v) is 2.34. The highest BCUT2D eigenvalue weighted by molar-refractivity contribution is 6.13. The van der Waals surface area contributed by atoms with Crippen LogP contribution in [0.2, 0.25) is 0 Å². The van der Waals surface area contributed by atoms with Crippen LogP contribution in [0.1, 0.15) is 10.4 Å². The average molecular weight is 291 g/mol. The zero-order chi connectivity index (χ0) is 15.5. The molecule has 110 valence electrons. The standard InChI is InChI=1S/C18H17N3O/c1-20(2)13-11-16(22)17-15-10-6-7-12-21(15)19-18(17)14-8-4-3-5-9-14/h3-13H,1-2H3. The van der Waals surface area contributed by atoms with Crippen LogP contribution in [-0.2, 0) is 0 Å². The van der Waals surface area contributed by atoms with Crippen molar-refractivity contribution in [2.75, 3.05) is 14.1 Å². The van der Waals surface area contributed by atoms with Gasteiger partial charge >= 0.3 is 0 Å². The van der Waals surface area contributed by atoms with Gasteiger partial charge in [-0.1, -0.05) is 36.4 Å². The number of allylic oxidation sites excluding steroid dienone is 1. The van der Waals surface area contributed by atoms with Gasteiger partial charge in [0, 0.05) is 38.1 Å². The molecule has 0 aliphatic heterocycles. The summed E-state index contributed by atoms with van der Waals surface area (Å²) < 4.78 is 1.75. The van der Waals surface area contributed by atoms with Crippen molar-refractivity contribution >= 4 is 11.3 Å². The van der Waals surface area contributed by atoms with Crippen molar-refractivity contribution < 1.29 is 4.79 Å². The first kappa shape index (κ1) is 14.1. The molecule has 0 spiro atoms. The van der Waals surface area contributed by atoms with Crippen molar-refractivity contribution in [1.82, 2.24) is 14.5 Å². The largest absolute Gasteiger partial charge is 0.383 e. The van der Waals surface area contributed by atoms with E-state index < -0.39 is 0 Å². The van der Waals surface area contributed by atoms with Gasteiger partial charge in [0.05, 0.1) is 11.1 Å². The number of aromatic nitrogens is 2. The molecule has 22 heavy (non-hydrogen) atoms. The Morgan fingerprint density at radius 1 is 1.09 bits per heavy atom. The predicted molar refractivity (Wildman–Crippen MR) is 87.8 cm³/mol. The Hall–Kier alpha value is -2.88. The molecular formula is C18H17N3O. The van der Waals surface area contributed by atoms with E-state index in [2.05, 4.69) is 5.10 Å². The highest BCUT2D eigenvalue weighted by Gasteiger charge is 2.18. The smallest absolute Gasteiger partial charge is 0.191 e. The fraction of sp³-hybridized carbons (Fsp3) is 0.111. The third-order valence-corrected chi connectivity index (χ3v) is 3.36. The number of benzene rings is 1. The molecule has 4 heteroatoms. The van der Waals surface area contributed by atoms with Crippen LogP contribution in [0, 0.1) is 0 Å². The highest BCUT2D eigenvalue weighted by atomic mass is 16.1. The van der Waals surface area contributed by atoms with E-state index in [1.54, 1.807) is 16.8 Å². The zero-order valence-electron chi connectivity index (χ0n) is 12.6. The number of hydrogen-bond acceptors (Lipinski definition) is 3. The number of ketones is 1. The van der Waals surface area contributed by atoms with Crippen LogP contribution in [0.3, 0.4) is 0 Å². The SMILES string of the molecule is CN(C)C=CC(=O)c1c(-c2ccccc2)nn2ccccc12. The van der Waals surface area contributed by atoms with Crippen molar-refractivity contribution in [2.24, 2.45) is 0 Å². The first-order valence-corrected chi connectivity index (χ1v) is 7.08. The van der Waals surface area contributed by atoms with E-state index in [0.29, 0.717) is 11.3 Å². The number of rotatable bonds is 4. The highest BCUT2D eigenvalue weighted by Crippen LogP contribution is 2.26. The van der Waals surface area contributed by atoms with Gasteiger partial charge in [-0.3, -0.25) is 4.79 Å². The second-order valence-electron chi connectivity index (χ2n) is 5.26. The Labute approximate surface area is 129 Å². The number of pyridine rings is 1. The van der Waals surface area contributed by atoms with Gasteiger partial charge in [-0.15, -0.1) is 0 Å². The van der Waals surface area contributed by atoms with E-state index in [4.69, 9.17) is 0 Å². The Morgan fingerprint density at radius 2 is 1.82 bits per heavy atom. The fourth-order valence-electron chi connectivity index (χ4n) is 2.34. The summed E-state index contributed by atoms with van der Waals surface area (Å²) in [5.41, 5.74) is 3.09. The molecule has 2 heterocycles. The molecule has 0 saturated carbocycles. The quantitative estimate of drug-likeness (QED) is 0.547. The van der Waals surface area contributed by atoms with Gasteiger partial charge in [-0.2, -0.15) is 5.10 Å². The van der Waals surface area contributed by atoms with Crippen LogP contribution in [0.4, 0.5) is 0 Å². The average Bonchev–Trinajstić information content (AvgIpc) is 2.93. The molecule has 0 aliphatic carbocycles. The lowest BCUT2D eigenvalue weighted by molar-refractivity contribution is 0.104. The summed E-state index contributed by atoms with van der Waals surface area (Å²) in [5, 5.41) is 4.58. The number of hydrogen-bond donors (Lipinski definition) is 0. The normalized spacial score (nSPS) is 11.2. The number of carbonyl (C=O) groups excluding carboxylic acids is 1. The molecule has 3 rings (SSSR count). The maximum absolute atomic E-state index is 12.7. The van der Waals surface area contributed by atoms with Crippen molar-refractivity contribution in [1.29, 1.82) is 0 Å². The predicted octanol–water partition coefficient (Wildman–Crippen LogP) is 3.26. The number of carbonyl (C=O) groups is 1. The minimum Gasteiger partial charge on any atom is -0.383 e. The molecule has 0 aliphatic rings. The summed E-state index contributed by atoms with van der Waals surface area (Å²) in [6, 6.07) is 15.5. The Morgan fingerprint density at radius 3 is 2.55 bits per heavy atom.